The Bertz CT molecular complexity index is 425. The minimum absolute atomic E-state index is 0.0280. The summed E-state index contributed by atoms with van der Waals surface area (Å²) in [5.74, 6) is 0.0172. The first kappa shape index (κ1) is 12.0. The van der Waals surface area contributed by atoms with Gasteiger partial charge in [-0.15, -0.1) is 0 Å². The molecule has 0 saturated carbocycles. The summed E-state index contributed by atoms with van der Waals surface area (Å²) in [6.07, 6.45) is 2.08. The summed E-state index contributed by atoms with van der Waals surface area (Å²) >= 11 is 0. The second kappa shape index (κ2) is 4.78. The molecule has 0 amide bonds. The van der Waals surface area contributed by atoms with Crippen molar-refractivity contribution in [1.29, 1.82) is 0 Å². The van der Waals surface area contributed by atoms with Crippen molar-refractivity contribution >= 4 is 5.97 Å². The number of esters is 1. The number of fused-ring (bicyclic) bond motifs is 1. The van der Waals surface area contributed by atoms with E-state index in [1.165, 1.54) is 0 Å². The molecule has 1 aliphatic rings. The Morgan fingerprint density at radius 3 is 2.94 bits per heavy atom. The van der Waals surface area contributed by atoms with Crippen LogP contribution in [-0.4, -0.2) is 17.2 Å². The molecule has 0 heterocycles. The number of carbonyl (C=O) groups excluding carboxylic acids is 1. The number of phenolic OH excluding ortho intramolecular Hbond substituents is 1. The van der Waals surface area contributed by atoms with Gasteiger partial charge in [-0.25, -0.2) is 0 Å². The van der Waals surface area contributed by atoms with Gasteiger partial charge in [0.25, 0.3) is 0 Å². The Morgan fingerprint density at radius 2 is 2.29 bits per heavy atom. The van der Waals surface area contributed by atoms with Gasteiger partial charge in [-0.1, -0.05) is 19.1 Å². The summed E-state index contributed by atoms with van der Waals surface area (Å²) in [7, 11) is 0. The van der Waals surface area contributed by atoms with Crippen LogP contribution in [0.3, 0.4) is 0 Å². The van der Waals surface area contributed by atoms with E-state index in [0.29, 0.717) is 18.6 Å². The second-order valence-corrected chi connectivity index (χ2v) is 4.68. The fraction of sp³-hybridized carbons (Fsp3) is 0.500. The molecule has 0 saturated heterocycles. The van der Waals surface area contributed by atoms with Crippen molar-refractivity contribution < 1.29 is 14.6 Å². The molecule has 1 N–H and O–H groups in total. The van der Waals surface area contributed by atoms with Crippen molar-refractivity contribution in [2.24, 2.45) is 5.92 Å². The van der Waals surface area contributed by atoms with E-state index in [1.54, 1.807) is 6.07 Å². The third-order valence-corrected chi connectivity index (χ3v) is 3.39. The van der Waals surface area contributed by atoms with Crippen LogP contribution in [0, 0.1) is 5.92 Å². The lowest BCUT2D eigenvalue weighted by Gasteiger charge is -2.14. The molecule has 0 bridgehead atoms. The number of hydrogen-bond acceptors (Lipinski definition) is 3. The largest absolute Gasteiger partial charge is 0.508 e. The van der Waals surface area contributed by atoms with Gasteiger partial charge >= 0.3 is 5.97 Å². The fourth-order valence-corrected chi connectivity index (χ4v) is 2.18. The van der Waals surface area contributed by atoms with Gasteiger partial charge in [0.05, 0.1) is 12.0 Å². The van der Waals surface area contributed by atoms with Gasteiger partial charge in [0, 0.05) is 0 Å². The summed E-state index contributed by atoms with van der Waals surface area (Å²) in [6, 6.07) is 5.45. The van der Waals surface area contributed by atoms with Crippen molar-refractivity contribution in [2.75, 3.05) is 0 Å². The molecule has 0 radical (unpaired) electrons. The molecule has 2 atom stereocenters. The quantitative estimate of drug-likeness (QED) is 0.817. The Morgan fingerprint density at radius 1 is 1.53 bits per heavy atom. The standard InChI is InChI=1S/C14H18O3/c1-3-9(2)17-14(16)11-7-10-5-4-6-13(15)12(10)8-11/h4-6,9,11,15H,3,7-8H2,1-2H3. The lowest BCUT2D eigenvalue weighted by atomic mass is 10.1. The van der Waals surface area contributed by atoms with Crippen molar-refractivity contribution in [3.63, 3.8) is 0 Å². The van der Waals surface area contributed by atoms with Crippen LogP contribution in [0.25, 0.3) is 0 Å². The maximum absolute atomic E-state index is 11.9. The Hall–Kier alpha value is -1.51. The Kier molecular flexibility index (Phi) is 3.36. The van der Waals surface area contributed by atoms with Crippen molar-refractivity contribution in [3.8, 4) is 5.75 Å². The predicted octanol–water partition coefficient (Wildman–Crippen LogP) is 2.45. The van der Waals surface area contributed by atoms with E-state index in [9.17, 15) is 9.90 Å². The van der Waals surface area contributed by atoms with Gasteiger partial charge in [-0.3, -0.25) is 4.79 Å². The van der Waals surface area contributed by atoms with Crippen LogP contribution in [0.5, 0.6) is 5.75 Å². The van der Waals surface area contributed by atoms with Crippen LogP contribution in [0.2, 0.25) is 0 Å². The third kappa shape index (κ3) is 2.43. The first-order valence-corrected chi connectivity index (χ1v) is 6.12. The maximum Gasteiger partial charge on any atom is 0.309 e. The van der Waals surface area contributed by atoms with Gasteiger partial charge < -0.3 is 9.84 Å². The monoisotopic (exact) mass is 234 g/mol. The molecule has 2 unspecified atom stereocenters. The molecule has 3 heteroatoms. The summed E-state index contributed by atoms with van der Waals surface area (Å²) in [6.45, 7) is 3.89. The van der Waals surface area contributed by atoms with Crippen LogP contribution in [0.1, 0.15) is 31.4 Å². The highest BCUT2D eigenvalue weighted by atomic mass is 16.5. The first-order valence-electron chi connectivity index (χ1n) is 6.12. The first-order chi connectivity index (χ1) is 8.11. The van der Waals surface area contributed by atoms with E-state index in [-0.39, 0.29) is 18.0 Å². The lowest BCUT2D eigenvalue weighted by molar-refractivity contribution is -0.153. The minimum Gasteiger partial charge on any atom is -0.508 e. The smallest absolute Gasteiger partial charge is 0.309 e. The second-order valence-electron chi connectivity index (χ2n) is 4.68. The normalized spacial score (nSPS) is 19.8. The SMILES string of the molecule is CCC(C)OC(=O)C1Cc2cccc(O)c2C1. The number of carbonyl (C=O) groups is 1. The molecule has 1 aromatic carbocycles. The Balaban J connectivity index is 2.05. The van der Waals surface area contributed by atoms with Crippen LogP contribution in [0.15, 0.2) is 18.2 Å². The highest BCUT2D eigenvalue weighted by Gasteiger charge is 2.30. The molecule has 92 valence electrons. The van der Waals surface area contributed by atoms with E-state index in [2.05, 4.69) is 0 Å². The van der Waals surface area contributed by atoms with Crippen molar-refractivity contribution in [1.82, 2.24) is 0 Å². The molecule has 0 fully saturated rings. The van der Waals surface area contributed by atoms with Gasteiger partial charge in [0.15, 0.2) is 0 Å². The molecule has 3 nitrogen and oxygen atoms in total. The zero-order valence-corrected chi connectivity index (χ0v) is 10.3. The summed E-state index contributed by atoms with van der Waals surface area (Å²) in [5.41, 5.74) is 1.97. The van der Waals surface area contributed by atoms with Crippen molar-refractivity contribution in [3.05, 3.63) is 29.3 Å². The van der Waals surface area contributed by atoms with Crippen LogP contribution >= 0.6 is 0 Å². The van der Waals surface area contributed by atoms with Crippen LogP contribution < -0.4 is 0 Å². The molecule has 0 aromatic heterocycles. The fourth-order valence-electron chi connectivity index (χ4n) is 2.18. The molecular weight excluding hydrogens is 216 g/mol. The maximum atomic E-state index is 11.9. The molecular formula is C14H18O3. The highest BCUT2D eigenvalue weighted by Crippen LogP contribution is 2.33. The molecule has 0 aliphatic heterocycles. The third-order valence-electron chi connectivity index (χ3n) is 3.39. The number of aromatic hydroxyl groups is 1. The van der Waals surface area contributed by atoms with Crippen LogP contribution in [-0.2, 0) is 22.4 Å². The number of phenols is 1. The van der Waals surface area contributed by atoms with E-state index < -0.39 is 0 Å². The average Bonchev–Trinajstić information content (AvgIpc) is 2.74. The number of benzene rings is 1. The van der Waals surface area contributed by atoms with Gasteiger partial charge in [0.2, 0.25) is 0 Å². The van der Waals surface area contributed by atoms with E-state index in [1.807, 2.05) is 26.0 Å². The molecule has 1 aliphatic carbocycles. The Labute approximate surface area is 101 Å². The minimum atomic E-state index is -0.144. The van der Waals surface area contributed by atoms with Crippen molar-refractivity contribution in [2.45, 2.75) is 39.2 Å². The number of rotatable bonds is 3. The summed E-state index contributed by atoms with van der Waals surface area (Å²) in [4.78, 5) is 11.9. The zero-order valence-electron chi connectivity index (χ0n) is 10.3. The van der Waals surface area contributed by atoms with Gasteiger partial charge in [-0.2, -0.15) is 0 Å². The van der Waals surface area contributed by atoms with Gasteiger partial charge in [0.1, 0.15) is 5.75 Å². The molecule has 17 heavy (non-hydrogen) atoms. The predicted molar refractivity (Wildman–Crippen MR) is 64.8 cm³/mol. The highest BCUT2D eigenvalue weighted by molar-refractivity contribution is 5.75. The summed E-state index contributed by atoms with van der Waals surface area (Å²) in [5, 5.41) is 9.71. The lowest BCUT2D eigenvalue weighted by Crippen LogP contribution is -2.22. The average molecular weight is 234 g/mol. The van der Waals surface area contributed by atoms with E-state index in [0.717, 1.165) is 17.5 Å². The number of hydrogen-bond donors (Lipinski definition) is 1. The summed E-state index contributed by atoms with van der Waals surface area (Å²) < 4.78 is 5.33. The van der Waals surface area contributed by atoms with E-state index in [4.69, 9.17) is 4.74 Å². The molecule has 0 spiro atoms. The van der Waals surface area contributed by atoms with Crippen LogP contribution in [0.4, 0.5) is 0 Å². The molecule has 2 rings (SSSR count). The zero-order chi connectivity index (χ0) is 12.4. The topological polar surface area (TPSA) is 46.5 Å². The number of ether oxygens (including phenoxy) is 1. The van der Waals surface area contributed by atoms with E-state index >= 15 is 0 Å². The molecule has 1 aromatic rings. The van der Waals surface area contributed by atoms with Gasteiger partial charge in [-0.05, 0) is 43.4 Å².